The smallest absolute Gasteiger partial charge is 0.274 e. The lowest BCUT2D eigenvalue weighted by Crippen LogP contribution is -2.49. The number of nitrogens with zero attached hydrogens (tertiary/aromatic N) is 3. The van der Waals surface area contributed by atoms with Crippen molar-refractivity contribution in [1.29, 1.82) is 0 Å². The average Bonchev–Trinajstić information content (AvgIpc) is 2.93. The van der Waals surface area contributed by atoms with E-state index in [0.717, 1.165) is 34.8 Å². The summed E-state index contributed by atoms with van der Waals surface area (Å²) in [5.41, 5.74) is 3.07. The maximum atomic E-state index is 12.9. The van der Waals surface area contributed by atoms with Gasteiger partial charge in [-0.2, -0.15) is 0 Å². The summed E-state index contributed by atoms with van der Waals surface area (Å²) in [6, 6.07) is 6.06. The van der Waals surface area contributed by atoms with Crippen LogP contribution >= 0.6 is 0 Å². The molecule has 0 fully saturated rings. The van der Waals surface area contributed by atoms with Crippen LogP contribution in [-0.4, -0.2) is 54.3 Å². The second-order valence-corrected chi connectivity index (χ2v) is 6.99. The van der Waals surface area contributed by atoms with E-state index in [4.69, 9.17) is 0 Å². The van der Waals surface area contributed by atoms with Gasteiger partial charge in [0.1, 0.15) is 0 Å². The van der Waals surface area contributed by atoms with E-state index in [2.05, 4.69) is 22.0 Å². The fourth-order valence-electron chi connectivity index (χ4n) is 4.37. The second kappa shape index (κ2) is 5.92. The summed E-state index contributed by atoms with van der Waals surface area (Å²) in [6.07, 6.45) is 2.82. The van der Waals surface area contributed by atoms with Crippen molar-refractivity contribution < 1.29 is 9.59 Å². The zero-order valence-electron chi connectivity index (χ0n) is 15.0. The zero-order chi connectivity index (χ0) is 17.7. The number of hydrogen-bond acceptors (Lipinski definition) is 3. The van der Waals surface area contributed by atoms with Crippen LogP contribution < -0.4 is 10.6 Å². The van der Waals surface area contributed by atoms with E-state index in [1.165, 1.54) is 5.57 Å². The Morgan fingerprint density at radius 1 is 1.32 bits per heavy atom. The van der Waals surface area contributed by atoms with Crippen molar-refractivity contribution in [2.24, 2.45) is 10.9 Å². The first kappa shape index (κ1) is 16.2. The minimum atomic E-state index is -0.136. The highest BCUT2D eigenvalue weighted by molar-refractivity contribution is 6.17. The molecule has 1 aliphatic carbocycles. The van der Waals surface area contributed by atoms with Gasteiger partial charge in [-0.25, -0.2) is 4.99 Å². The molecule has 1 aromatic carbocycles. The Morgan fingerprint density at radius 3 is 2.80 bits per heavy atom. The van der Waals surface area contributed by atoms with Gasteiger partial charge in [0.2, 0.25) is 5.91 Å². The molecular weight excluding hydrogens is 314 g/mol. The zero-order valence-corrected chi connectivity index (χ0v) is 15.0. The maximum absolute atomic E-state index is 12.9. The van der Waals surface area contributed by atoms with Crippen LogP contribution in [0, 0.1) is 5.92 Å². The number of likely N-dealkylation sites (N-methyl/N-ethyl adjacent to an activating group) is 1. The molecule has 2 atom stereocenters. The highest BCUT2D eigenvalue weighted by Crippen LogP contribution is 2.35. The fourth-order valence-corrected chi connectivity index (χ4v) is 4.37. The Bertz CT molecular complexity index is 911. The van der Waals surface area contributed by atoms with Gasteiger partial charge in [0.15, 0.2) is 0 Å². The number of hydrogen-bond donors (Lipinski definition) is 0. The molecule has 0 N–H and O–H groups in total. The SMILES string of the molecule is CCN(CC)C(=O)[C@@H]1C=C2c3cccc4c3=C(C[C@H]2N(C)C1)C(=O)N=4. The normalized spacial score (nSPS) is 24.4. The molecule has 5 heteroatoms. The van der Waals surface area contributed by atoms with E-state index in [9.17, 15) is 9.59 Å². The van der Waals surface area contributed by atoms with E-state index >= 15 is 0 Å². The van der Waals surface area contributed by atoms with Gasteiger partial charge in [-0.15, -0.1) is 0 Å². The first-order chi connectivity index (χ1) is 12.0. The highest BCUT2D eigenvalue weighted by Gasteiger charge is 2.38. The lowest BCUT2D eigenvalue weighted by Gasteiger charge is -2.40. The molecule has 5 nitrogen and oxygen atoms in total. The van der Waals surface area contributed by atoms with Crippen molar-refractivity contribution in [3.05, 3.63) is 40.4 Å². The summed E-state index contributed by atoms with van der Waals surface area (Å²) >= 11 is 0. The van der Waals surface area contributed by atoms with Crippen LogP contribution in [0.1, 0.15) is 25.8 Å². The standard InChI is InChI=1S/C20H23N3O2/c1-4-23(5-2)20(25)12-9-14-13-7-6-8-16-18(13)15(19(24)21-16)10-17(14)22(3)11-12/h6-9,12,17H,4-5,10-11H2,1-3H3/t12-,17-/m1/s1. The number of amides is 2. The van der Waals surface area contributed by atoms with Gasteiger partial charge < -0.3 is 4.90 Å². The number of fused-ring (bicyclic) bond motifs is 2. The number of rotatable bonds is 3. The predicted octanol–water partition coefficient (Wildman–Crippen LogP) is 0.583. The average molecular weight is 337 g/mol. The second-order valence-electron chi connectivity index (χ2n) is 6.99. The molecular formula is C20H23N3O2. The minimum Gasteiger partial charge on any atom is -0.343 e. The molecule has 25 heavy (non-hydrogen) atoms. The summed E-state index contributed by atoms with van der Waals surface area (Å²) in [7, 11) is 2.05. The van der Waals surface area contributed by atoms with Gasteiger partial charge in [-0.1, -0.05) is 18.2 Å². The molecule has 3 aliphatic rings. The van der Waals surface area contributed by atoms with Crippen LogP contribution in [-0.2, 0) is 9.59 Å². The molecule has 0 spiro atoms. The highest BCUT2D eigenvalue weighted by atomic mass is 16.2. The summed E-state index contributed by atoms with van der Waals surface area (Å²) in [5, 5.41) is 1.76. The summed E-state index contributed by atoms with van der Waals surface area (Å²) in [4.78, 5) is 33.4. The van der Waals surface area contributed by atoms with Crippen LogP contribution in [0.2, 0.25) is 0 Å². The van der Waals surface area contributed by atoms with Crippen molar-refractivity contribution in [2.75, 3.05) is 26.7 Å². The molecule has 2 amide bonds. The van der Waals surface area contributed by atoms with Gasteiger partial charge in [-0.05, 0) is 44.5 Å². The van der Waals surface area contributed by atoms with Gasteiger partial charge in [0.25, 0.3) is 5.91 Å². The van der Waals surface area contributed by atoms with Crippen molar-refractivity contribution in [3.8, 4) is 0 Å². The molecule has 4 rings (SSSR count). The Balaban J connectivity index is 1.84. The van der Waals surface area contributed by atoms with E-state index in [-0.39, 0.29) is 23.8 Å². The van der Waals surface area contributed by atoms with Crippen molar-refractivity contribution in [1.82, 2.24) is 9.80 Å². The molecule has 1 aromatic rings. The van der Waals surface area contributed by atoms with Crippen LogP contribution in [0.3, 0.4) is 0 Å². The molecule has 0 unspecified atom stereocenters. The van der Waals surface area contributed by atoms with Gasteiger partial charge in [0.05, 0.1) is 11.3 Å². The first-order valence-electron chi connectivity index (χ1n) is 9.01. The number of carbonyl (C=O) groups is 2. The van der Waals surface area contributed by atoms with Crippen molar-refractivity contribution >= 4 is 23.0 Å². The van der Waals surface area contributed by atoms with Crippen LogP contribution in [0.15, 0.2) is 29.3 Å². The Kier molecular flexibility index (Phi) is 3.84. The van der Waals surface area contributed by atoms with Crippen LogP contribution in [0.25, 0.3) is 11.1 Å². The molecule has 0 saturated heterocycles. The molecule has 2 heterocycles. The summed E-state index contributed by atoms with van der Waals surface area (Å²) in [5.74, 6) is -0.0512. The van der Waals surface area contributed by atoms with Crippen molar-refractivity contribution in [2.45, 2.75) is 26.3 Å². The lowest BCUT2D eigenvalue weighted by atomic mass is 9.80. The maximum Gasteiger partial charge on any atom is 0.274 e. The topological polar surface area (TPSA) is 53.0 Å². The first-order valence-corrected chi connectivity index (χ1v) is 9.01. The van der Waals surface area contributed by atoms with Gasteiger partial charge in [0, 0.05) is 36.5 Å². The third-order valence-corrected chi connectivity index (χ3v) is 5.68. The monoisotopic (exact) mass is 337 g/mol. The Labute approximate surface area is 147 Å². The molecule has 2 aliphatic heterocycles. The predicted molar refractivity (Wildman–Crippen MR) is 96.1 cm³/mol. The quantitative estimate of drug-likeness (QED) is 0.811. The third-order valence-electron chi connectivity index (χ3n) is 5.68. The van der Waals surface area contributed by atoms with E-state index in [0.29, 0.717) is 13.0 Å². The summed E-state index contributed by atoms with van der Waals surface area (Å²) < 4.78 is 0. The molecule has 0 radical (unpaired) electrons. The minimum absolute atomic E-state index is 0.101. The molecule has 0 aromatic heterocycles. The molecule has 130 valence electrons. The van der Waals surface area contributed by atoms with Crippen LogP contribution in [0.5, 0.6) is 0 Å². The van der Waals surface area contributed by atoms with Gasteiger partial charge >= 0.3 is 0 Å². The summed E-state index contributed by atoms with van der Waals surface area (Å²) in [6.45, 7) is 6.19. The van der Waals surface area contributed by atoms with E-state index in [1.807, 2.05) is 37.9 Å². The number of benzene rings is 1. The van der Waals surface area contributed by atoms with E-state index < -0.39 is 0 Å². The van der Waals surface area contributed by atoms with Gasteiger partial charge in [-0.3, -0.25) is 14.5 Å². The Hall–Kier alpha value is -2.27. The third kappa shape index (κ3) is 2.37. The number of carbonyl (C=O) groups excluding carboxylic acids is 2. The van der Waals surface area contributed by atoms with Crippen LogP contribution in [0.4, 0.5) is 0 Å². The molecule has 0 saturated carbocycles. The molecule has 0 bridgehead atoms. The van der Waals surface area contributed by atoms with E-state index in [1.54, 1.807) is 0 Å². The Morgan fingerprint density at radius 2 is 2.08 bits per heavy atom. The largest absolute Gasteiger partial charge is 0.343 e. The lowest BCUT2D eigenvalue weighted by molar-refractivity contribution is -0.134. The van der Waals surface area contributed by atoms with Crippen molar-refractivity contribution in [3.63, 3.8) is 0 Å². The fraction of sp³-hybridized carbons (Fsp3) is 0.450.